The van der Waals surface area contributed by atoms with Crippen LogP contribution in [0, 0.1) is 5.92 Å². The summed E-state index contributed by atoms with van der Waals surface area (Å²) in [6.07, 6.45) is 2.25. The van der Waals surface area contributed by atoms with E-state index in [0.29, 0.717) is 6.42 Å². The Kier molecular flexibility index (Phi) is 2.68. The third-order valence-corrected chi connectivity index (χ3v) is 1.97. The van der Waals surface area contributed by atoms with Crippen LogP contribution in [0.2, 0.25) is 0 Å². The molecule has 1 atom stereocenters. The molecule has 4 heteroatoms. The predicted octanol–water partition coefficient (Wildman–Crippen LogP) is 0.376. The standard InChI is InChI=1S/C8H13NO3/c1-2-6(8(11)12)9-7(10)5-3-4-5/h5-6H,2-4H2,1H3,(H,9,10)(H,11,12). The highest BCUT2D eigenvalue weighted by Crippen LogP contribution is 2.28. The molecule has 1 unspecified atom stereocenters. The average molecular weight is 171 g/mol. The summed E-state index contributed by atoms with van der Waals surface area (Å²) in [5, 5.41) is 11.1. The van der Waals surface area contributed by atoms with Gasteiger partial charge in [0, 0.05) is 5.92 Å². The summed E-state index contributed by atoms with van der Waals surface area (Å²) in [7, 11) is 0. The molecule has 1 amide bonds. The van der Waals surface area contributed by atoms with Crippen molar-refractivity contribution in [2.24, 2.45) is 5.92 Å². The van der Waals surface area contributed by atoms with Crippen LogP contribution in [0.4, 0.5) is 0 Å². The van der Waals surface area contributed by atoms with Crippen LogP contribution in [0.5, 0.6) is 0 Å². The van der Waals surface area contributed by atoms with Crippen molar-refractivity contribution < 1.29 is 14.7 Å². The Bertz CT molecular complexity index is 198. The summed E-state index contributed by atoms with van der Waals surface area (Å²) in [6.45, 7) is 1.74. The molecule has 1 saturated carbocycles. The Hall–Kier alpha value is -1.06. The number of amides is 1. The fourth-order valence-corrected chi connectivity index (χ4v) is 0.974. The van der Waals surface area contributed by atoms with Gasteiger partial charge in [-0.05, 0) is 19.3 Å². The van der Waals surface area contributed by atoms with Gasteiger partial charge in [0.05, 0.1) is 0 Å². The van der Waals surface area contributed by atoms with Crippen LogP contribution in [0.3, 0.4) is 0 Å². The third kappa shape index (κ3) is 2.22. The number of carbonyl (C=O) groups excluding carboxylic acids is 1. The van der Waals surface area contributed by atoms with E-state index in [0.717, 1.165) is 12.8 Å². The van der Waals surface area contributed by atoms with Gasteiger partial charge in [0.2, 0.25) is 5.91 Å². The van der Waals surface area contributed by atoms with E-state index >= 15 is 0 Å². The Morgan fingerprint density at radius 2 is 2.17 bits per heavy atom. The van der Waals surface area contributed by atoms with E-state index < -0.39 is 12.0 Å². The Morgan fingerprint density at radius 3 is 2.50 bits per heavy atom. The summed E-state index contributed by atoms with van der Waals surface area (Å²) in [4.78, 5) is 21.6. The molecule has 0 aromatic rings. The number of carboxylic acids is 1. The van der Waals surface area contributed by atoms with Crippen LogP contribution in [0.25, 0.3) is 0 Å². The van der Waals surface area contributed by atoms with Crippen molar-refractivity contribution in [2.75, 3.05) is 0 Å². The van der Waals surface area contributed by atoms with Crippen molar-refractivity contribution in [3.05, 3.63) is 0 Å². The smallest absolute Gasteiger partial charge is 0.326 e. The fourth-order valence-electron chi connectivity index (χ4n) is 0.974. The Labute approximate surface area is 71.0 Å². The molecule has 1 aliphatic carbocycles. The maximum absolute atomic E-state index is 11.1. The molecular weight excluding hydrogens is 158 g/mol. The summed E-state index contributed by atoms with van der Waals surface area (Å²) < 4.78 is 0. The van der Waals surface area contributed by atoms with Gasteiger partial charge in [0.15, 0.2) is 0 Å². The molecule has 1 fully saturated rings. The van der Waals surface area contributed by atoms with Crippen molar-refractivity contribution in [3.63, 3.8) is 0 Å². The van der Waals surface area contributed by atoms with E-state index in [1.807, 2.05) is 0 Å². The molecule has 0 radical (unpaired) electrons. The molecular formula is C8H13NO3. The minimum Gasteiger partial charge on any atom is -0.480 e. The molecule has 0 aromatic heterocycles. The van der Waals surface area contributed by atoms with E-state index in [1.165, 1.54) is 0 Å². The van der Waals surface area contributed by atoms with Gasteiger partial charge in [-0.3, -0.25) is 4.79 Å². The second-order valence-electron chi connectivity index (χ2n) is 3.08. The highest BCUT2D eigenvalue weighted by Gasteiger charge is 2.31. The summed E-state index contributed by atoms with van der Waals surface area (Å²) >= 11 is 0. The predicted molar refractivity (Wildman–Crippen MR) is 42.6 cm³/mol. The summed E-state index contributed by atoms with van der Waals surface area (Å²) in [5.41, 5.74) is 0. The van der Waals surface area contributed by atoms with Crippen molar-refractivity contribution in [1.29, 1.82) is 0 Å². The van der Waals surface area contributed by atoms with Gasteiger partial charge in [0.25, 0.3) is 0 Å². The summed E-state index contributed by atoms with van der Waals surface area (Å²) in [5.74, 6) is -0.978. The van der Waals surface area contributed by atoms with Gasteiger partial charge in [-0.25, -0.2) is 4.79 Å². The van der Waals surface area contributed by atoms with Crippen molar-refractivity contribution in [1.82, 2.24) is 5.32 Å². The average Bonchev–Trinajstić information content (AvgIpc) is 2.80. The van der Waals surface area contributed by atoms with E-state index in [2.05, 4.69) is 5.32 Å². The molecule has 0 spiro atoms. The van der Waals surface area contributed by atoms with E-state index in [9.17, 15) is 9.59 Å². The van der Waals surface area contributed by atoms with Crippen LogP contribution in [-0.4, -0.2) is 23.0 Å². The minimum absolute atomic E-state index is 0.0819. The molecule has 4 nitrogen and oxygen atoms in total. The molecule has 1 rings (SSSR count). The lowest BCUT2D eigenvalue weighted by Gasteiger charge is -2.11. The number of hydrogen-bond donors (Lipinski definition) is 2. The van der Waals surface area contributed by atoms with Crippen LogP contribution < -0.4 is 5.32 Å². The van der Waals surface area contributed by atoms with Crippen molar-refractivity contribution in [3.8, 4) is 0 Å². The number of aliphatic carboxylic acids is 1. The quantitative estimate of drug-likeness (QED) is 0.642. The van der Waals surface area contributed by atoms with Crippen LogP contribution in [-0.2, 0) is 9.59 Å². The first-order valence-electron chi connectivity index (χ1n) is 4.18. The highest BCUT2D eigenvalue weighted by molar-refractivity contribution is 5.86. The molecule has 0 heterocycles. The molecule has 1 aliphatic rings. The molecule has 2 N–H and O–H groups in total. The van der Waals surface area contributed by atoms with E-state index in [1.54, 1.807) is 6.92 Å². The van der Waals surface area contributed by atoms with Crippen LogP contribution in [0.15, 0.2) is 0 Å². The first kappa shape index (κ1) is 9.03. The van der Waals surface area contributed by atoms with Crippen LogP contribution >= 0.6 is 0 Å². The highest BCUT2D eigenvalue weighted by atomic mass is 16.4. The minimum atomic E-state index is -0.952. The molecule has 0 bridgehead atoms. The summed E-state index contributed by atoms with van der Waals surface area (Å²) in [6, 6.07) is -0.710. The van der Waals surface area contributed by atoms with Crippen LogP contribution in [0.1, 0.15) is 26.2 Å². The monoisotopic (exact) mass is 171 g/mol. The van der Waals surface area contributed by atoms with Gasteiger partial charge in [0.1, 0.15) is 6.04 Å². The molecule has 0 saturated heterocycles. The SMILES string of the molecule is CCC(NC(=O)C1CC1)C(=O)O. The molecule has 0 aliphatic heterocycles. The number of rotatable bonds is 4. The second-order valence-corrected chi connectivity index (χ2v) is 3.08. The maximum Gasteiger partial charge on any atom is 0.326 e. The number of nitrogens with one attached hydrogen (secondary N) is 1. The molecule has 0 aromatic carbocycles. The zero-order chi connectivity index (χ0) is 9.14. The largest absolute Gasteiger partial charge is 0.480 e. The lowest BCUT2D eigenvalue weighted by atomic mass is 10.2. The fraction of sp³-hybridized carbons (Fsp3) is 0.750. The topological polar surface area (TPSA) is 66.4 Å². The van der Waals surface area contributed by atoms with Gasteiger partial charge in [-0.2, -0.15) is 0 Å². The van der Waals surface area contributed by atoms with Crippen molar-refractivity contribution in [2.45, 2.75) is 32.2 Å². The zero-order valence-corrected chi connectivity index (χ0v) is 7.04. The van der Waals surface area contributed by atoms with Crippen molar-refractivity contribution >= 4 is 11.9 Å². The molecule has 68 valence electrons. The second kappa shape index (κ2) is 3.56. The van der Waals surface area contributed by atoms with Gasteiger partial charge < -0.3 is 10.4 Å². The first-order valence-corrected chi connectivity index (χ1v) is 4.18. The van der Waals surface area contributed by atoms with Gasteiger partial charge >= 0.3 is 5.97 Å². The lowest BCUT2D eigenvalue weighted by molar-refractivity contribution is -0.142. The van der Waals surface area contributed by atoms with Gasteiger partial charge in [-0.15, -0.1) is 0 Å². The Balaban J connectivity index is 2.35. The number of carbonyl (C=O) groups is 2. The zero-order valence-electron chi connectivity index (χ0n) is 7.04. The van der Waals surface area contributed by atoms with Gasteiger partial charge in [-0.1, -0.05) is 6.92 Å². The normalized spacial score (nSPS) is 18.4. The maximum atomic E-state index is 11.1. The third-order valence-electron chi connectivity index (χ3n) is 1.97. The number of carboxylic acid groups (broad SMARTS) is 1. The first-order chi connectivity index (χ1) is 5.65. The van der Waals surface area contributed by atoms with E-state index in [4.69, 9.17) is 5.11 Å². The molecule has 12 heavy (non-hydrogen) atoms. The number of hydrogen-bond acceptors (Lipinski definition) is 2. The Morgan fingerprint density at radius 1 is 1.58 bits per heavy atom. The van der Waals surface area contributed by atoms with E-state index in [-0.39, 0.29) is 11.8 Å². The lowest BCUT2D eigenvalue weighted by Crippen LogP contribution is -2.40.